The van der Waals surface area contributed by atoms with Gasteiger partial charge in [-0.05, 0) is 45.0 Å². The summed E-state index contributed by atoms with van der Waals surface area (Å²) < 4.78 is 12.8. The van der Waals surface area contributed by atoms with Crippen LogP contribution in [0, 0.1) is 5.82 Å². The lowest BCUT2D eigenvalue weighted by Crippen LogP contribution is -2.45. The first-order valence-electron chi connectivity index (χ1n) is 5.54. The molecule has 0 aliphatic heterocycles. The van der Waals surface area contributed by atoms with Gasteiger partial charge in [-0.3, -0.25) is 4.79 Å². The Hall–Kier alpha value is -1.64. The van der Waals surface area contributed by atoms with Crippen molar-refractivity contribution in [3.8, 4) is 0 Å². The third-order valence-corrected chi connectivity index (χ3v) is 2.46. The average molecular weight is 235 g/mol. The maximum atomic E-state index is 12.8. The number of amides is 1. The first-order valence-corrected chi connectivity index (χ1v) is 5.54. The molecule has 0 saturated carbocycles. The Morgan fingerprint density at radius 1 is 1.35 bits per heavy atom. The maximum absolute atomic E-state index is 12.8. The molecule has 17 heavy (non-hydrogen) atoms. The third kappa shape index (κ3) is 3.41. The van der Waals surface area contributed by atoms with Gasteiger partial charge < -0.3 is 4.90 Å². The van der Waals surface area contributed by atoms with Crippen molar-refractivity contribution in [3.63, 3.8) is 0 Å². The molecule has 0 N–H and O–H groups in total. The Morgan fingerprint density at radius 3 is 2.29 bits per heavy atom. The van der Waals surface area contributed by atoms with Crippen LogP contribution in [-0.4, -0.2) is 22.9 Å². The zero-order valence-corrected chi connectivity index (χ0v) is 10.5. The topological polar surface area (TPSA) is 20.3 Å². The van der Waals surface area contributed by atoms with Crippen molar-refractivity contribution in [2.45, 2.75) is 26.3 Å². The summed E-state index contributed by atoms with van der Waals surface area (Å²) in [6, 6.07) is 5.59. The van der Waals surface area contributed by atoms with Crippen LogP contribution in [0.25, 0.3) is 0 Å². The van der Waals surface area contributed by atoms with Gasteiger partial charge in [0.05, 0.1) is 0 Å². The molecule has 0 heterocycles. The number of carbonyl (C=O) groups is 1. The molecule has 92 valence electrons. The van der Waals surface area contributed by atoms with Crippen LogP contribution in [-0.2, 0) is 0 Å². The highest BCUT2D eigenvalue weighted by Gasteiger charge is 2.26. The van der Waals surface area contributed by atoms with Gasteiger partial charge in [0.2, 0.25) is 0 Å². The molecule has 0 radical (unpaired) electrons. The summed E-state index contributed by atoms with van der Waals surface area (Å²) in [6.45, 7) is 9.99. The van der Waals surface area contributed by atoms with Crippen molar-refractivity contribution in [2.24, 2.45) is 0 Å². The van der Waals surface area contributed by atoms with E-state index in [2.05, 4.69) is 6.58 Å². The van der Waals surface area contributed by atoms with Crippen LogP contribution in [0.15, 0.2) is 36.9 Å². The fraction of sp³-hybridized carbons (Fsp3) is 0.357. The molecule has 1 rings (SSSR count). The molecular weight excluding hydrogens is 217 g/mol. The van der Waals surface area contributed by atoms with Crippen molar-refractivity contribution < 1.29 is 9.18 Å². The molecule has 0 atom stereocenters. The first kappa shape index (κ1) is 13.4. The summed E-state index contributed by atoms with van der Waals surface area (Å²) in [5, 5.41) is 0. The minimum atomic E-state index is -0.340. The van der Waals surface area contributed by atoms with Crippen LogP contribution in [0.4, 0.5) is 4.39 Å². The van der Waals surface area contributed by atoms with E-state index in [1.807, 2.05) is 20.8 Å². The van der Waals surface area contributed by atoms with Crippen LogP contribution >= 0.6 is 0 Å². The minimum Gasteiger partial charge on any atom is -0.330 e. The molecule has 0 unspecified atom stereocenters. The van der Waals surface area contributed by atoms with Crippen LogP contribution in [0.5, 0.6) is 0 Å². The minimum absolute atomic E-state index is 0.114. The Morgan fingerprint density at radius 2 is 1.88 bits per heavy atom. The summed E-state index contributed by atoms with van der Waals surface area (Å²) in [5.41, 5.74) is 0.197. The van der Waals surface area contributed by atoms with E-state index in [1.54, 1.807) is 11.0 Å². The predicted molar refractivity (Wildman–Crippen MR) is 67.4 cm³/mol. The zero-order chi connectivity index (χ0) is 13.1. The van der Waals surface area contributed by atoms with E-state index in [9.17, 15) is 9.18 Å². The highest BCUT2D eigenvalue weighted by Crippen LogP contribution is 2.17. The van der Waals surface area contributed by atoms with Crippen LogP contribution in [0.3, 0.4) is 0 Å². The van der Waals surface area contributed by atoms with Crippen LogP contribution in [0.1, 0.15) is 31.1 Å². The van der Waals surface area contributed by atoms with Crippen molar-refractivity contribution >= 4 is 5.91 Å². The number of hydrogen-bond acceptors (Lipinski definition) is 1. The Kier molecular flexibility index (Phi) is 4.05. The van der Waals surface area contributed by atoms with E-state index >= 15 is 0 Å². The van der Waals surface area contributed by atoms with Crippen molar-refractivity contribution in [1.82, 2.24) is 4.90 Å². The lowest BCUT2D eigenvalue weighted by molar-refractivity contribution is 0.0616. The van der Waals surface area contributed by atoms with Gasteiger partial charge in [-0.25, -0.2) is 4.39 Å². The van der Waals surface area contributed by atoms with Gasteiger partial charge in [0, 0.05) is 17.6 Å². The molecule has 3 heteroatoms. The summed E-state index contributed by atoms with van der Waals surface area (Å²) in [5.74, 6) is -0.454. The van der Waals surface area contributed by atoms with E-state index < -0.39 is 0 Å². The van der Waals surface area contributed by atoms with Gasteiger partial charge >= 0.3 is 0 Å². The molecular formula is C14H18FNO. The van der Waals surface area contributed by atoms with Crippen LogP contribution in [0.2, 0.25) is 0 Å². The molecule has 0 aliphatic carbocycles. The van der Waals surface area contributed by atoms with E-state index in [0.29, 0.717) is 12.1 Å². The third-order valence-electron chi connectivity index (χ3n) is 2.46. The summed E-state index contributed by atoms with van der Waals surface area (Å²) in [4.78, 5) is 14.0. The molecule has 0 fully saturated rings. The number of benzene rings is 1. The quantitative estimate of drug-likeness (QED) is 0.736. The van der Waals surface area contributed by atoms with Gasteiger partial charge in [-0.15, -0.1) is 6.58 Å². The summed E-state index contributed by atoms with van der Waals surface area (Å²) >= 11 is 0. The number of nitrogens with zero attached hydrogens (tertiary/aromatic N) is 1. The van der Waals surface area contributed by atoms with Gasteiger partial charge in [0.1, 0.15) is 5.82 Å². The second-order valence-corrected chi connectivity index (χ2v) is 4.88. The number of rotatable bonds is 3. The Bertz CT molecular complexity index is 403. The second-order valence-electron chi connectivity index (χ2n) is 4.88. The average Bonchev–Trinajstić information content (AvgIpc) is 2.24. The van der Waals surface area contributed by atoms with Crippen molar-refractivity contribution in [3.05, 3.63) is 48.3 Å². The standard InChI is InChI=1S/C14H18FNO/c1-5-10-16(14(2,3)4)13(17)11-6-8-12(15)9-7-11/h5-9H,1,10H2,2-4H3. The molecule has 2 nitrogen and oxygen atoms in total. The Balaban J connectivity index is 3.00. The van der Waals surface area contributed by atoms with Crippen molar-refractivity contribution in [1.29, 1.82) is 0 Å². The van der Waals surface area contributed by atoms with E-state index in [1.165, 1.54) is 24.3 Å². The fourth-order valence-electron chi connectivity index (χ4n) is 1.54. The number of hydrogen-bond donors (Lipinski definition) is 0. The van der Waals surface area contributed by atoms with E-state index in [4.69, 9.17) is 0 Å². The SMILES string of the molecule is C=CCN(C(=O)c1ccc(F)cc1)C(C)(C)C. The lowest BCUT2D eigenvalue weighted by Gasteiger charge is -2.35. The molecule has 0 bridgehead atoms. The zero-order valence-electron chi connectivity index (χ0n) is 10.5. The largest absolute Gasteiger partial charge is 0.330 e. The smallest absolute Gasteiger partial charge is 0.254 e. The molecule has 1 aromatic rings. The van der Waals surface area contributed by atoms with Gasteiger partial charge in [0.15, 0.2) is 0 Å². The highest BCUT2D eigenvalue weighted by atomic mass is 19.1. The van der Waals surface area contributed by atoms with Gasteiger partial charge in [0.25, 0.3) is 5.91 Å². The van der Waals surface area contributed by atoms with Crippen LogP contribution < -0.4 is 0 Å². The Labute approximate surface area is 102 Å². The van der Waals surface area contributed by atoms with Crippen molar-refractivity contribution in [2.75, 3.05) is 6.54 Å². The molecule has 0 aromatic heterocycles. The first-order chi connectivity index (χ1) is 7.86. The summed E-state index contributed by atoms with van der Waals surface area (Å²) in [7, 11) is 0. The number of carbonyl (C=O) groups excluding carboxylic acids is 1. The monoisotopic (exact) mass is 235 g/mol. The predicted octanol–water partition coefficient (Wildman–Crippen LogP) is 3.25. The second kappa shape index (κ2) is 5.13. The highest BCUT2D eigenvalue weighted by molar-refractivity contribution is 5.94. The fourth-order valence-corrected chi connectivity index (χ4v) is 1.54. The summed E-state index contributed by atoms with van der Waals surface area (Å²) in [6.07, 6.45) is 1.69. The normalized spacial score (nSPS) is 11.1. The maximum Gasteiger partial charge on any atom is 0.254 e. The molecule has 0 aliphatic rings. The van der Waals surface area contributed by atoms with E-state index in [-0.39, 0.29) is 17.3 Å². The van der Waals surface area contributed by atoms with Gasteiger partial charge in [-0.2, -0.15) is 0 Å². The molecule has 1 aromatic carbocycles. The molecule has 0 spiro atoms. The van der Waals surface area contributed by atoms with Gasteiger partial charge in [-0.1, -0.05) is 6.08 Å². The van der Waals surface area contributed by atoms with E-state index in [0.717, 1.165) is 0 Å². The lowest BCUT2D eigenvalue weighted by atomic mass is 10.0. The number of halogens is 1. The molecule has 1 amide bonds. The molecule has 0 saturated heterocycles.